The molecule has 3 saturated heterocycles. The topological polar surface area (TPSA) is 54.1 Å². The van der Waals surface area contributed by atoms with Crippen molar-refractivity contribution < 1.29 is 14.3 Å². The van der Waals surface area contributed by atoms with E-state index in [4.69, 9.17) is 9.47 Å². The molecule has 0 aromatic heterocycles. The molecule has 144 valence electrons. The molecule has 2 atom stereocenters. The van der Waals surface area contributed by atoms with E-state index in [9.17, 15) is 4.79 Å². The van der Waals surface area contributed by atoms with E-state index in [1.807, 2.05) is 4.90 Å². The summed E-state index contributed by atoms with van der Waals surface area (Å²) in [5.41, 5.74) is -1.44. The molecule has 1 amide bonds. The van der Waals surface area contributed by atoms with Crippen LogP contribution in [0, 0.1) is 0 Å². The Balaban J connectivity index is 1.96. The van der Waals surface area contributed by atoms with Crippen LogP contribution in [0.15, 0.2) is 0 Å². The van der Waals surface area contributed by atoms with Crippen molar-refractivity contribution in [2.75, 3.05) is 13.2 Å². The first-order valence-corrected chi connectivity index (χ1v) is 10.0. The third-order valence-electron chi connectivity index (χ3n) is 5.91. The summed E-state index contributed by atoms with van der Waals surface area (Å²) in [7, 11) is 0. The number of epoxide rings is 1. The van der Waals surface area contributed by atoms with Crippen LogP contribution in [-0.4, -0.2) is 52.5 Å². The number of carbonyl (C=O) groups is 1. The lowest BCUT2D eigenvalue weighted by atomic mass is 9.72. The molecular formula is C20H36N2O3. The zero-order valence-corrected chi connectivity index (χ0v) is 16.9. The minimum absolute atomic E-state index is 0.131. The van der Waals surface area contributed by atoms with Gasteiger partial charge in [-0.05, 0) is 47.0 Å². The lowest BCUT2D eigenvalue weighted by Crippen LogP contribution is -2.65. The van der Waals surface area contributed by atoms with Crippen molar-refractivity contribution in [2.45, 2.75) is 109 Å². The lowest BCUT2D eigenvalue weighted by molar-refractivity contribution is -0.174. The van der Waals surface area contributed by atoms with Gasteiger partial charge in [0.05, 0.1) is 19.3 Å². The van der Waals surface area contributed by atoms with Gasteiger partial charge in [-0.25, -0.2) is 0 Å². The summed E-state index contributed by atoms with van der Waals surface area (Å²) in [4.78, 5) is 15.7. The fraction of sp³-hybridized carbons (Fsp3) is 0.950. The van der Waals surface area contributed by atoms with Crippen LogP contribution in [0.25, 0.3) is 0 Å². The van der Waals surface area contributed by atoms with E-state index in [0.717, 1.165) is 45.1 Å². The van der Waals surface area contributed by atoms with Gasteiger partial charge in [-0.3, -0.25) is 4.79 Å². The molecule has 5 heteroatoms. The zero-order chi connectivity index (χ0) is 18.5. The highest BCUT2D eigenvalue weighted by Crippen LogP contribution is 2.50. The maximum absolute atomic E-state index is 13.7. The van der Waals surface area contributed by atoms with Gasteiger partial charge in [-0.2, -0.15) is 0 Å². The Morgan fingerprint density at radius 1 is 1.16 bits per heavy atom. The number of piperidine rings is 1. The van der Waals surface area contributed by atoms with Crippen LogP contribution in [0.4, 0.5) is 0 Å². The van der Waals surface area contributed by atoms with Crippen LogP contribution in [0.5, 0.6) is 0 Å². The van der Waals surface area contributed by atoms with Crippen molar-refractivity contribution in [3.05, 3.63) is 0 Å². The van der Waals surface area contributed by atoms with Crippen LogP contribution >= 0.6 is 0 Å². The number of amides is 1. The largest absolute Gasteiger partial charge is 0.371 e. The smallest absolute Gasteiger partial charge is 0.257 e. The molecule has 3 fully saturated rings. The molecular weight excluding hydrogens is 316 g/mol. The molecule has 3 rings (SSSR count). The number of unbranched alkanes of at least 4 members (excludes halogenated alkanes) is 1. The summed E-state index contributed by atoms with van der Waals surface area (Å²) >= 11 is 0. The minimum Gasteiger partial charge on any atom is -0.371 e. The Kier molecular flexibility index (Phi) is 4.75. The molecule has 0 aromatic rings. The van der Waals surface area contributed by atoms with Gasteiger partial charge in [0.1, 0.15) is 5.72 Å². The molecule has 0 aromatic carbocycles. The fourth-order valence-corrected chi connectivity index (χ4v) is 5.32. The second-order valence-electron chi connectivity index (χ2n) is 9.62. The van der Waals surface area contributed by atoms with Crippen molar-refractivity contribution in [1.82, 2.24) is 10.2 Å². The molecule has 1 spiro atoms. The normalized spacial score (nSPS) is 35.4. The third-order valence-corrected chi connectivity index (χ3v) is 5.91. The van der Waals surface area contributed by atoms with Crippen molar-refractivity contribution in [1.29, 1.82) is 0 Å². The second kappa shape index (κ2) is 6.21. The van der Waals surface area contributed by atoms with Gasteiger partial charge in [-0.15, -0.1) is 0 Å². The highest BCUT2D eigenvalue weighted by molar-refractivity contribution is 5.88. The summed E-state index contributed by atoms with van der Waals surface area (Å²) in [6.45, 7) is 14.5. The molecule has 0 bridgehead atoms. The average molecular weight is 353 g/mol. The fourth-order valence-electron chi connectivity index (χ4n) is 5.32. The molecule has 0 saturated carbocycles. The highest BCUT2D eigenvalue weighted by Gasteiger charge is 2.64. The van der Waals surface area contributed by atoms with Crippen LogP contribution in [0.3, 0.4) is 0 Å². The Labute approximate surface area is 152 Å². The van der Waals surface area contributed by atoms with Gasteiger partial charge in [0, 0.05) is 23.9 Å². The van der Waals surface area contributed by atoms with E-state index in [-0.39, 0.29) is 23.1 Å². The van der Waals surface area contributed by atoms with Crippen molar-refractivity contribution >= 4 is 5.91 Å². The summed E-state index contributed by atoms with van der Waals surface area (Å²) in [5.74, 6) is 0.184. The zero-order valence-electron chi connectivity index (χ0n) is 16.9. The number of nitrogens with one attached hydrogen (secondary N) is 1. The molecule has 2 unspecified atom stereocenters. The number of carbonyl (C=O) groups excluding carboxylic acids is 1. The standard InChI is InChI=1S/C20H36N2O3/c1-7-9-10-20(8-2)22(11-15-12-24-15)16(23)19(25-20)13-17(3,4)21-18(5,6)14-19/h15,21H,7-14H2,1-6H3. The van der Waals surface area contributed by atoms with Crippen LogP contribution < -0.4 is 5.32 Å². The van der Waals surface area contributed by atoms with Crippen molar-refractivity contribution in [3.63, 3.8) is 0 Å². The molecule has 3 heterocycles. The predicted molar refractivity (Wildman–Crippen MR) is 98.3 cm³/mol. The average Bonchev–Trinajstić information content (AvgIpc) is 3.26. The van der Waals surface area contributed by atoms with E-state index in [1.54, 1.807) is 0 Å². The van der Waals surface area contributed by atoms with Gasteiger partial charge in [0.25, 0.3) is 5.91 Å². The summed E-state index contributed by atoms with van der Waals surface area (Å²) in [6, 6.07) is 0. The van der Waals surface area contributed by atoms with Gasteiger partial charge >= 0.3 is 0 Å². The molecule has 3 aliphatic heterocycles. The van der Waals surface area contributed by atoms with Crippen LogP contribution in [0.2, 0.25) is 0 Å². The Hall–Kier alpha value is -0.650. The van der Waals surface area contributed by atoms with Crippen LogP contribution in [-0.2, 0) is 14.3 Å². The molecule has 25 heavy (non-hydrogen) atoms. The van der Waals surface area contributed by atoms with Gasteiger partial charge < -0.3 is 19.7 Å². The third kappa shape index (κ3) is 3.60. The van der Waals surface area contributed by atoms with Crippen molar-refractivity contribution in [2.24, 2.45) is 0 Å². The Morgan fingerprint density at radius 3 is 2.24 bits per heavy atom. The lowest BCUT2D eigenvalue weighted by Gasteiger charge is -2.50. The molecule has 5 nitrogen and oxygen atoms in total. The Morgan fingerprint density at radius 2 is 1.76 bits per heavy atom. The minimum atomic E-state index is -0.711. The molecule has 1 N–H and O–H groups in total. The highest BCUT2D eigenvalue weighted by atomic mass is 16.6. The van der Waals surface area contributed by atoms with E-state index < -0.39 is 11.3 Å². The maximum atomic E-state index is 13.7. The molecule has 0 aliphatic carbocycles. The summed E-state index contributed by atoms with van der Waals surface area (Å²) in [5, 5.41) is 3.68. The predicted octanol–water partition coefficient (Wildman–Crippen LogP) is 3.22. The maximum Gasteiger partial charge on any atom is 0.257 e. The van der Waals surface area contributed by atoms with E-state index >= 15 is 0 Å². The second-order valence-corrected chi connectivity index (χ2v) is 9.62. The first-order chi connectivity index (χ1) is 11.6. The van der Waals surface area contributed by atoms with E-state index in [1.165, 1.54) is 0 Å². The monoisotopic (exact) mass is 352 g/mol. The van der Waals surface area contributed by atoms with Gasteiger partial charge in [0.2, 0.25) is 0 Å². The first kappa shape index (κ1) is 19.1. The van der Waals surface area contributed by atoms with Crippen molar-refractivity contribution in [3.8, 4) is 0 Å². The number of nitrogens with zero attached hydrogens (tertiary/aromatic N) is 1. The quantitative estimate of drug-likeness (QED) is 0.746. The number of hydrogen-bond donors (Lipinski definition) is 1. The Bertz CT molecular complexity index is 511. The van der Waals surface area contributed by atoms with E-state index in [0.29, 0.717) is 6.54 Å². The summed E-state index contributed by atoms with van der Waals surface area (Å²) < 4.78 is 12.3. The van der Waals surface area contributed by atoms with Gasteiger partial charge in [0.15, 0.2) is 5.60 Å². The number of ether oxygens (including phenoxy) is 2. The van der Waals surface area contributed by atoms with Crippen LogP contribution in [0.1, 0.15) is 80.1 Å². The molecule has 0 radical (unpaired) electrons. The number of rotatable bonds is 6. The van der Waals surface area contributed by atoms with Gasteiger partial charge in [-0.1, -0.05) is 20.3 Å². The molecule has 3 aliphatic rings. The first-order valence-electron chi connectivity index (χ1n) is 10.0. The summed E-state index contributed by atoms with van der Waals surface area (Å²) in [6.07, 6.45) is 5.56. The van der Waals surface area contributed by atoms with E-state index in [2.05, 4.69) is 46.9 Å². The SMILES string of the molecule is CCCCC1(CC)OC2(CC(C)(C)NC(C)(C)C2)C(=O)N1CC1CO1. The number of hydrogen-bond acceptors (Lipinski definition) is 4.